The monoisotopic (exact) mass is 371 g/mol. The Morgan fingerprint density at radius 1 is 1.30 bits per heavy atom. The number of aromatic nitrogens is 3. The third-order valence-electron chi connectivity index (χ3n) is 4.60. The zero-order chi connectivity index (χ0) is 19.3. The lowest BCUT2D eigenvalue weighted by atomic mass is 10.0. The summed E-state index contributed by atoms with van der Waals surface area (Å²) in [5.41, 5.74) is 6.29. The molecule has 3 aromatic rings. The number of Topliss-reactive ketones (excluding diaryl/α,β-unsaturated/α-hetero) is 2. The van der Waals surface area contributed by atoms with Gasteiger partial charge >= 0.3 is 0 Å². The van der Waals surface area contributed by atoms with E-state index in [0.717, 1.165) is 18.2 Å². The molecule has 4 rings (SSSR count). The lowest BCUT2D eigenvalue weighted by Crippen LogP contribution is -2.25. The first-order valence-electron chi connectivity index (χ1n) is 8.24. The van der Waals surface area contributed by atoms with Crippen molar-refractivity contribution < 1.29 is 18.4 Å². The maximum Gasteiger partial charge on any atom is 0.170 e. The van der Waals surface area contributed by atoms with E-state index in [4.69, 9.17) is 5.73 Å². The predicted molar refractivity (Wildman–Crippen MR) is 93.5 cm³/mol. The molecule has 0 amide bonds. The molecule has 0 radical (unpaired) electrons. The van der Waals surface area contributed by atoms with Crippen LogP contribution in [0.15, 0.2) is 30.5 Å². The molecule has 1 saturated heterocycles. The minimum Gasteiger partial charge on any atom is -0.382 e. The fourth-order valence-electron chi connectivity index (χ4n) is 3.41. The molecule has 0 bridgehead atoms. The number of fused-ring (bicyclic) bond motifs is 1. The molecule has 138 valence electrons. The Bertz CT molecular complexity index is 1090. The van der Waals surface area contributed by atoms with E-state index in [0.29, 0.717) is 5.82 Å². The normalized spacial score (nSPS) is 17.1. The maximum absolute atomic E-state index is 14.3. The van der Waals surface area contributed by atoms with Crippen LogP contribution in [0.4, 0.5) is 20.4 Å². The highest BCUT2D eigenvalue weighted by Gasteiger charge is 2.35. The lowest BCUT2D eigenvalue weighted by molar-refractivity contribution is -0.116. The number of nitrogens with two attached hydrogens (primary N) is 1. The van der Waals surface area contributed by atoms with Crippen LogP contribution < -0.4 is 10.6 Å². The van der Waals surface area contributed by atoms with E-state index >= 15 is 0 Å². The Kier molecular flexibility index (Phi) is 3.87. The van der Waals surface area contributed by atoms with Crippen molar-refractivity contribution in [3.05, 3.63) is 53.2 Å². The molecule has 2 aromatic heterocycles. The maximum atomic E-state index is 14.3. The highest BCUT2D eigenvalue weighted by molar-refractivity contribution is 6.04. The summed E-state index contributed by atoms with van der Waals surface area (Å²) in [6.45, 7) is 1.36. The topological polar surface area (TPSA) is 93.6 Å². The predicted octanol–water partition coefficient (Wildman–Crippen LogP) is 2.31. The van der Waals surface area contributed by atoms with Gasteiger partial charge in [-0.05, 0) is 31.2 Å². The molecule has 2 N–H and O–H groups in total. The molecule has 27 heavy (non-hydrogen) atoms. The minimum atomic E-state index is -0.691. The quantitative estimate of drug-likeness (QED) is 0.710. The summed E-state index contributed by atoms with van der Waals surface area (Å²) < 4.78 is 29.3. The van der Waals surface area contributed by atoms with Gasteiger partial charge in [0.15, 0.2) is 23.0 Å². The van der Waals surface area contributed by atoms with Gasteiger partial charge in [-0.2, -0.15) is 0 Å². The molecule has 7 nitrogen and oxygen atoms in total. The van der Waals surface area contributed by atoms with Crippen LogP contribution in [0.5, 0.6) is 0 Å². The molecule has 1 atom stereocenters. The van der Waals surface area contributed by atoms with Crippen LogP contribution in [0.25, 0.3) is 5.65 Å². The Balaban J connectivity index is 1.83. The van der Waals surface area contributed by atoms with E-state index in [1.54, 1.807) is 17.2 Å². The number of nitrogens with zero attached hydrogens (tertiary/aromatic N) is 4. The summed E-state index contributed by atoms with van der Waals surface area (Å²) >= 11 is 0. The fraction of sp³-hybridized carbons (Fsp3) is 0.222. The van der Waals surface area contributed by atoms with Crippen LogP contribution in [0.3, 0.4) is 0 Å². The van der Waals surface area contributed by atoms with Gasteiger partial charge in [-0.15, -0.1) is 5.10 Å². The van der Waals surface area contributed by atoms with Gasteiger partial charge in [0.2, 0.25) is 0 Å². The number of hydrogen-bond donors (Lipinski definition) is 1. The molecule has 0 saturated carbocycles. The second-order valence-corrected chi connectivity index (χ2v) is 6.42. The molecule has 9 heteroatoms. The highest BCUT2D eigenvalue weighted by atomic mass is 19.1. The zero-order valence-corrected chi connectivity index (χ0v) is 14.3. The second kappa shape index (κ2) is 6.11. The van der Waals surface area contributed by atoms with E-state index in [9.17, 15) is 18.4 Å². The van der Waals surface area contributed by atoms with Crippen molar-refractivity contribution in [1.29, 1.82) is 0 Å². The van der Waals surface area contributed by atoms with Crippen molar-refractivity contribution in [2.75, 3.05) is 17.2 Å². The standard InChI is InChI=1S/C18H15F2N5O2/c1-9(26)16-17(21)23-25-5-4-15(22-18(16)25)24-8-11(27)7-14(24)12-6-10(19)2-3-13(12)20/h2-6,14H,7-8H2,1H3,(H2,21,23). The molecule has 1 unspecified atom stereocenters. The highest BCUT2D eigenvalue weighted by Crippen LogP contribution is 2.35. The average molecular weight is 371 g/mol. The summed E-state index contributed by atoms with van der Waals surface area (Å²) in [7, 11) is 0. The SMILES string of the molecule is CC(=O)c1c(N)nn2ccc(N3CC(=O)CC3c3cc(F)ccc3F)nc12. The Morgan fingerprint density at radius 2 is 2.07 bits per heavy atom. The number of rotatable bonds is 3. The Hall–Kier alpha value is -3.36. The molecular formula is C18H15F2N5O2. The lowest BCUT2D eigenvalue weighted by Gasteiger charge is -2.25. The van der Waals surface area contributed by atoms with Gasteiger partial charge in [-0.3, -0.25) is 9.59 Å². The molecule has 1 aliphatic heterocycles. The van der Waals surface area contributed by atoms with E-state index in [1.165, 1.54) is 11.4 Å². The van der Waals surface area contributed by atoms with Crippen LogP contribution in [0.1, 0.15) is 35.3 Å². The average Bonchev–Trinajstić information content (AvgIpc) is 3.15. The summed E-state index contributed by atoms with van der Waals surface area (Å²) in [6.07, 6.45) is 1.59. The summed E-state index contributed by atoms with van der Waals surface area (Å²) in [5, 5.41) is 4.04. The van der Waals surface area contributed by atoms with E-state index in [-0.39, 0.29) is 47.1 Å². The van der Waals surface area contributed by atoms with Gasteiger partial charge < -0.3 is 10.6 Å². The van der Waals surface area contributed by atoms with Gasteiger partial charge in [0.25, 0.3) is 0 Å². The first-order chi connectivity index (χ1) is 12.8. The molecule has 3 heterocycles. The zero-order valence-electron chi connectivity index (χ0n) is 14.3. The summed E-state index contributed by atoms with van der Waals surface area (Å²) in [6, 6.07) is 4.05. The van der Waals surface area contributed by atoms with E-state index in [1.807, 2.05) is 0 Å². The number of ketones is 2. The van der Waals surface area contributed by atoms with Crippen molar-refractivity contribution in [2.24, 2.45) is 0 Å². The number of nitrogen functional groups attached to an aromatic ring is 1. The largest absolute Gasteiger partial charge is 0.382 e. The van der Waals surface area contributed by atoms with Crippen LogP contribution in [0, 0.1) is 11.6 Å². The van der Waals surface area contributed by atoms with E-state index < -0.39 is 17.7 Å². The number of anilines is 2. The van der Waals surface area contributed by atoms with Gasteiger partial charge in [0.05, 0.1) is 12.6 Å². The van der Waals surface area contributed by atoms with Crippen LogP contribution in [-0.2, 0) is 4.79 Å². The second-order valence-electron chi connectivity index (χ2n) is 6.42. The fourth-order valence-corrected chi connectivity index (χ4v) is 3.41. The van der Waals surface area contributed by atoms with Crippen LogP contribution >= 0.6 is 0 Å². The van der Waals surface area contributed by atoms with Crippen molar-refractivity contribution >= 4 is 28.8 Å². The molecule has 0 aliphatic carbocycles. The summed E-state index contributed by atoms with van der Waals surface area (Å²) in [5.74, 6) is -1.19. The van der Waals surface area contributed by atoms with Gasteiger partial charge in [-0.1, -0.05) is 0 Å². The van der Waals surface area contributed by atoms with Gasteiger partial charge in [0.1, 0.15) is 23.0 Å². The molecule has 1 aliphatic rings. The first kappa shape index (κ1) is 17.1. The number of hydrogen-bond acceptors (Lipinski definition) is 6. The molecule has 0 spiro atoms. The van der Waals surface area contributed by atoms with E-state index in [2.05, 4.69) is 10.1 Å². The third-order valence-corrected chi connectivity index (χ3v) is 4.60. The van der Waals surface area contributed by atoms with Gasteiger partial charge in [0, 0.05) is 18.2 Å². The van der Waals surface area contributed by atoms with Crippen molar-refractivity contribution in [2.45, 2.75) is 19.4 Å². The van der Waals surface area contributed by atoms with Crippen LogP contribution in [-0.4, -0.2) is 32.7 Å². The van der Waals surface area contributed by atoms with Crippen molar-refractivity contribution in [1.82, 2.24) is 14.6 Å². The number of benzene rings is 1. The Labute approximate surface area is 152 Å². The molecule has 1 aromatic carbocycles. The summed E-state index contributed by atoms with van der Waals surface area (Å²) in [4.78, 5) is 29.9. The number of carbonyl (C=O) groups excluding carboxylic acids is 2. The first-order valence-corrected chi connectivity index (χ1v) is 8.24. The van der Waals surface area contributed by atoms with Crippen LogP contribution in [0.2, 0.25) is 0 Å². The molecule has 1 fully saturated rings. The minimum absolute atomic E-state index is 0.00280. The Morgan fingerprint density at radius 3 is 2.81 bits per heavy atom. The number of carbonyl (C=O) groups is 2. The van der Waals surface area contributed by atoms with Crippen molar-refractivity contribution in [3.63, 3.8) is 0 Å². The van der Waals surface area contributed by atoms with Gasteiger partial charge in [-0.25, -0.2) is 18.3 Å². The van der Waals surface area contributed by atoms with Crippen molar-refractivity contribution in [3.8, 4) is 0 Å². The third kappa shape index (κ3) is 2.80. The smallest absolute Gasteiger partial charge is 0.170 e. The molecular weight excluding hydrogens is 356 g/mol. The number of halogens is 2.